The lowest BCUT2D eigenvalue weighted by molar-refractivity contribution is -0.132. The maximum Gasteiger partial charge on any atom is 0.227 e. The molecule has 1 saturated heterocycles. The molecule has 2 heterocycles. The molecule has 6 nitrogen and oxygen atoms in total. The van der Waals surface area contributed by atoms with Gasteiger partial charge in [0.1, 0.15) is 11.6 Å². The topological polar surface area (TPSA) is 50.6 Å². The molecule has 1 aliphatic heterocycles. The number of ether oxygens (including phenoxy) is 1. The summed E-state index contributed by atoms with van der Waals surface area (Å²) in [6.07, 6.45) is 0.442. The van der Waals surface area contributed by atoms with Gasteiger partial charge in [-0.05, 0) is 36.8 Å². The van der Waals surface area contributed by atoms with Gasteiger partial charge in [-0.1, -0.05) is 24.3 Å². The van der Waals surface area contributed by atoms with Crippen LogP contribution in [0.3, 0.4) is 0 Å². The molecule has 4 rings (SSSR count). The molecule has 0 aliphatic carbocycles. The molecule has 3 aromatic rings. The average Bonchev–Trinajstić information content (AvgIpc) is 3.06. The zero-order chi connectivity index (χ0) is 20.2. The molecule has 6 heteroatoms. The fourth-order valence-electron chi connectivity index (χ4n) is 3.85. The summed E-state index contributed by atoms with van der Waals surface area (Å²) in [5.41, 5.74) is 3.22. The van der Waals surface area contributed by atoms with Crippen molar-refractivity contribution in [3.8, 4) is 5.75 Å². The van der Waals surface area contributed by atoms with Gasteiger partial charge >= 0.3 is 0 Å². The Balaban J connectivity index is 1.30. The van der Waals surface area contributed by atoms with E-state index in [2.05, 4.69) is 28.6 Å². The van der Waals surface area contributed by atoms with Gasteiger partial charge in [-0.15, -0.1) is 0 Å². The number of aromatic nitrogens is 2. The number of hydrogen-bond acceptors (Lipinski definition) is 4. The van der Waals surface area contributed by atoms with Crippen molar-refractivity contribution in [2.75, 3.05) is 32.8 Å². The van der Waals surface area contributed by atoms with Crippen LogP contribution in [0.4, 0.5) is 0 Å². The lowest BCUT2D eigenvalue weighted by atomic mass is 10.1. The van der Waals surface area contributed by atoms with Crippen LogP contribution in [0.5, 0.6) is 5.75 Å². The lowest BCUT2D eigenvalue weighted by Crippen LogP contribution is -2.48. The van der Waals surface area contributed by atoms with E-state index < -0.39 is 0 Å². The van der Waals surface area contributed by atoms with Crippen molar-refractivity contribution < 1.29 is 9.53 Å². The van der Waals surface area contributed by atoms with Crippen LogP contribution >= 0.6 is 0 Å². The molecule has 2 aromatic carbocycles. The summed E-state index contributed by atoms with van der Waals surface area (Å²) in [4.78, 5) is 21.8. The van der Waals surface area contributed by atoms with Crippen LogP contribution < -0.4 is 4.74 Å². The summed E-state index contributed by atoms with van der Waals surface area (Å²) in [6.45, 7) is 6.70. The third-order valence-corrected chi connectivity index (χ3v) is 5.56. The Kier molecular flexibility index (Phi) is 5.81. The summed E-state index contributed by atoms with van der Waals surface area (Å²) < 4.78 is 7.63. The highest BCUT2D eigenvalue weighted by molar-refractivity contribution is 5.79. The number of piperazine rings is 1. The smallest absolute Gasteiger partial charge is 0.227 e. The maximum atomic E-state index is 12.7. The van der Waals surface area contributed by atoms with Gasteiger partial charge in [0.05, 0.1) is 30.6 Å². The molecule has 29 heavy (non-hydrogen) atoms. The molecule has 0 N–H and O–H groups in total. The van der Waals surface area contributed by atoms with E-state index in [-0.39, 0.29) is 5.91 Å². The molecular weight excluding hydrogens is 364 g/mol. The molecule has 0 atom stereocenters. The van der Waals surface area contributed by atoms with Crippen molar-refractivity contribution in [3.63, 3.8) is 0 Å². The summed E-state index contributed by atoms with van der Waals surface area (Å²) in [6, 6.07) is 16.0. The van der Waals surface area contributed by atoms with Crippen LogP contribution in [-0.2, 0) is 24.8 Å². The van der Waals surface area contributed by atoms with Gasteiger partial charge in [0.25, 0.3) is 0 Å². The summed E-state index contributed by atoms with van der Waals surface area (Å²) >= 11 is 0. The Hall–Kier alpha value is -2.86. The van der Waals surface area contributed by atoms with Crippen LogP contribution in [0.2, 0.25) is 0 Å². The van der Waals surface area contributed by atoms with E-state index >= 15 is 0 Å². The molecular formula is C23H28N4O2. The lowest BCUT2D eigenvalue weighted by Gasteiger charge is -2.34. The molecule has 0 unspecified atom stereocenters. The first-order chi connectivity index (χ1) is 14.1. The van der Waals surface area contributed by atoms with Crippen LogP contribution in [-0.4, -0.2) is 58.0 Å². The van der Waals surface area contributed by atoms with Gasteiger partial charge < -0.3 is 14.2 Å². The first-order valence-corrected chi connectivity index (χ1v) is 10.3. The van der Waals surface area contributed by atoms with Crippen molar-refractivity contribution in [2.24, 2.45) is 7.05 Å². The Labute approximate surface area is 171 Å². The molecule has 1 amide bonds. The number of para-hydroxylation sites is 2. The number of imidazole rings is 1. The van der Waals surface area contributed by atoms with Crippen LogP contribution in [0, 0.1) is 0 Å². The zero-order valence-corrected chi connectivity index (χ0v) is 17.2. The third kappa shape index (κ3) is 4.43. The molecule has 0 bridgehead atoms. The Morgan fingerprint density at radius 2 is 1.76 bits per heavy atom. The fraction of sp³-hybridized carbons (Fsp3) is 0.391. The highest BCUT2D eigenvalue weighted by Crippen LogP contribution is 2.17. The summed E-state index contributed by atoms with van der Waals surface area (Å²) in [5, 5.41) is 0. The first kappa shape index (κ1) is 19.5. The van der Waals surface area contributed by atoms with Crippen LogP contribution in [0.1, 0.15) is 18.3 Å². The second-order valence-electron chi connectivity index (χ2n) is 7.49. The molecule has 1 aliphatic rings. The minimum Gasteiger partial charge on any atom is -0.494 e. The first-order valence-electron chi connectivity index (χ1n) is 10.3. The second kappa shape index (κ2) is 8.66. The predicted octanol–water partition coefficient (Wildman–Crippen LogP) is 2.86. The number of hydrogen-bond donors (Lipinski definition) is 0. The average molecular weight is 393 g/mol. The third-order valence-electron chi connectivity index (χ3n) is 5.56. The van der Waals surface area contributed by atoms with Gasteiger partial charge in [-0.2, -0.15) is 0 Å². The van der Waals surface area contributed by atoms with Gasteiger partial charge in [0.15, 0.2) is 0 Å². The largest absolute Gasteiger partial charge is 0.494 e. The normalized spacial score (nSPS) is 15.0. The Morgan fingerprint density at radius 3 is 2.45 bits per heavy atom. The standard InChI is InChI=1S/C23H28N4O2/c1-3-29-19-10-8-18(9-11-19)16-23(28)27-14-12-26(13-15-27)17-22-24-20-6-4-5-7-21(20)25(22)2/h4-11H,3,12-17H2,1-2H3. The van der Waals surface area contributed by atoms with Crippen LogP contribution in [0.25, 0.3) is 11.0 Å². The molecule has 1 aromatic heterocycles. The number of aryl methyl sites for hydroxylation is 1. The highest BCUT2D eigenvalue weighted by atomic mass is 16.5. The van der Waals surface area contributed by atoms with E-state index in [1.165, 1.54) is 0 Å². The number of nitrogens with zero attached hydrogens (tertiary/aromatic N) is 4. The number of carbonyl (C=O) groups is 1. The Bertz CT molecular complexity index is 972. The van der Waals surface area contributed by atoms with Crippen molar-refractivity contribution in [3.05, 3.63) is 59.9 Å². The molecule has 1 fully saturated rings. The second-order valence-corrected chi connectivity index (χ2v) is 7.49. The van der Waals surface area contributed by atoms with E-state index in [0.29, 0.717) is 13.0 Å². The quantitative estimate of drug-likeness (QED) is 0.647. The summed E-state index contributed by atoms with van der Waals surface area (Å²) in [7, 11) is 2.07. The van der Waals surface area contributed by atoms with E-state index in [4.69, 9.17) is 9.72 Å². The SMILES string of the molecule is CCOc1ccc(CC(=O)N2CCN(Cc3nc4ccccc4n3C)CC2)cc1. The number of benzene rings is 2. The monoisotopic (exact) mass is 392 g/mol. The molecule has 0 spiro atoms. The van der Waals surface area contributed by atoms with E-state index in [1.54, 1.807) is 0 Å². The van der Waals surface area contributed by atoms with Gasteiger partial charge in [0.2, 0.25) is 5.91 Å². The molecule has 152 valence electrons. The molecule has 0 saturated carbocycles. The van der Waals surface area contributed by atoms with Crippen molar-refractivity contribution in [2.45, 2.75) is 19.9 Å². The Morgan fingerprint density at radius 1 is 1.03 bits per heavy atom. The van der Waals surface area contributed by atoms with Gasteiger partial charge in [-0.3, -0.25) is 9.69 Å². The minimum absolute atomic E-state index is 0.191. The van der Waals surface area contributed by atoms with Gasteiger partial charge in [0, 0.05) is 33.2 Å². The minimum atomic E-state index is 0.191. The van der Waals surface area contributed by atoms with E-state index in [0.717, 1.165) is 60.9 Å². The van der Waals surface area contributed by atoms with Crippen molar-refractivity contribution in [1.82, 2.24) is 19.4 Å². The molecule has 0 radical (unpaired) electrons. The van der Waals surface area contributed by atoms with E-state index in [1.807, 2.05) is 48.2 Å². The zero-order valence-electron chi connectivity index (χ0n) is 17.2. The summed E-state index contributed by atoms with van der Waals surface area (Å²) in [5.74, 6) is 2.11. The van der Waals surface area contributed by atoms with Gasteiger partial charge in [-0.25, -0.2) is 4.98 Å². The fourth-order valence-corrected chi connectivity index (χ4v) is 3.85. The van der Waals surface area contributed by atoms with Crippen molar-refractivity contribution in [1.29, 1.82) is 0 Å². The van der Waals surface area contributed by atoms with Crippen LogP contribution in [0.15, 0.2) is 48.5 Å². The number of amides is 1. The highest BCUT2D eigenvalue weighted by Gasteiger charge is 2.22. The van der Waals surface area contributed by atoms with E-state index in [9.17, 15) is 4.79 Å². The maximum absolute atomic E-state index is 12.7. The number of rotatable bonds is 6. The number of carbonyl (C=O) groups excluding carboxylic acids is 1. The predicted molar refractivity (Wildman–Crippen MR) is 114 cm³/mol. The van der Waals surface area contributed by atoms with Crippen molar-refractivity contribution >= 4 is 16.9 Å². The number of fused-ring (bicyclic) bond motifs is 1.